The maximum absolute atomic E-state index is 14.1. The van der Waals surface area contributed by atoms with Crippen LogP contribution in [0.4, 0.5) is 4.39 Å². The van der Waals surface area contributed by atoms with E-state index in [0.29, 0.717) is 37.4 Å². The summed E-state index contributed by atoms with van der Waals surface area (Å²) in [5.41, 5.74) is 3.18. The number of benzene rings is 3. The summed E-state index contributed by atoms with van der Waals surface area (Å²) >= 11 is 0. The van der Waals surface area contributed by atoms with Gasteiger partial charge in [-0.25, -0.2) is 4.39 Å². The predicted molar refractivity (Wildman–Crippen MR) is 125 cm³/mol. The smallest absolute Gasteiger partial charge is 0.227 e. The topological polar surface area (TPSA) is 58.6 Å². The number of halogens is 1. The fourth-order valence-electron chi connectivity index (χ4n) is 4.15. The number of hydrogen-bond acceptors (Lipinski definition) is 3. The maximum Gasteiger partial charge on any atom is 0.227 e. The quantitative estimate of drug-likeness (QED) is 0.626. The molecule has 4 rings (SSSR count). The van der Waals surface area contributed by atoms with Crippen molar-refractivity contribution in [2.45, 2.75) is 12.8 Å². The van der Waals surface area contributed by atoms with Crippen LogP contribution in [0.1, 0.15) is 11.1 Å². The van der Waals surface area contributed by atoms with Crippen LogP contribution < -0.4 is 10.1 Å². The largest absolute Gasteiger partial charge is 0.497 e. The van der Waals surface area contributed by atoms with Gasteiger partial charge in [0.2, 0.25) is 11.8 Å². The van der Waals surface area contributed by atoms with E-state index < -0.39 is 0 Å². The minimum atomic E-state index is -0.346. The maximum atomic E-state index is 14.1. The molecular weight excluding hydrogens is 419 g/mol. The summed E-state index contributed by atoms with van der Waals surface area (Å²) in [7, 11) is 1.60. The average molecular weight is 447 g/mol. The Bertz CT molecular complexity index is 1130. The third kappa shape index (κ3) is 5.58. The lowest BCUT2D eigenvalue weighted by atomic mass is 9.95. The molecule has 0 aliphatic carbocycles. The van der Waals surface area contributed by atoms with Crippen LogP contribution in [0.2, 0.25) is 0 Å². The number of amides is 2. The number of nitrogens with one attached hydrogen (secondary N) is 1. The third-order valence-corrected chi connectivity index (χ3v) is 5.96. The van der Waals surface area contributed by atoms with Crippen LogP contribution in [-0.2, 0) is 22.4 Å². The van der Waals surface area contributed by atoms with E-state index >= 15 is 0 Å². The van der Waals surface area contributed by atoms with E-state index in [-0.39, 0.29) is 30.0 Å². The van der Waals surface area contributed by atoms with Gasteiger partial charge in [-0.05, 0) is 41.3 Å². The number of rotatable bonds is 6. The summed E-state index contributed by atoms with van der Waals surface area (Å²) in [5.74, 6) is 0.0360. The van der Waals surface area contributed by atoms with Crippen molar-refractivity contribution < 1.29 is 18.7 Å². The first kappa shape index (κ1) is 22.5. The zero-order valence-electron chi connectivity index (χ0n) is 18.6. The monoisotopic (exact) mass is 446 g/mol. The Morgan fingerprint density at radius 1 is 1.06 bits per heavy atom. The molecule has 0 saturated carbocycles. The lowest BCUT2D eigenvalue weighted by molar-refractivity contribution is -0.131. The zero-order chi connectivity index (χ0) is 23.2. The van der Waals surface area contributed by atoms with Crippen molar-refractivity contribution >= 4 is 11.8 Å². The van der Waals surface area contributed by atoms with Gasteiger partial charge in [0.25, 0.3) is 0 Å². The highest BCUT2D eigenvalue weighted by Crippen LogP contribution is 2.24. The molecule has 2 amide bonds. The van der Waals surface area contributed by atoms with Gasteiger partial charge in [0.05, 0.1) is 19.4 Å². The van der Waals surface area contributed by atoms with E-state index in [1.165, 1.54) is 6.07 Å². The Labute approximate surface area is 193 Å². The van der Waals surface area contributed by atoms with Gasteiger partial charge in [0.1, 0.15) is 11.6 Å². The second kappa shape index (κ2) is 10.3. The lowest BCUT2D eigenvalue weighted by Gasteiger charge is -2.23. The molecule has 170 valence electrons. The van der Waals surface area contributed by atoms with Crippen LogP contribution in [0.5, 0.6) is 5.75 Å². The standard InChI is InChI=1S/C27H27FN2O3/c1-33-23-6-4-5-20(16-23)17-26(31)30-14-13-29-27(32)22(18-30)15-19-9-11-21(12-10-19)24-7-2-3-8-25(24)28/h2-12,16,22H,13-15,17-18H2,1H3,(H,29,32)/t22-/m0/s1. The first-order valence-corrected chi connectivity index (χ1v) is 11.1. The van der Waals surface area contributed by atoms with Crippen molar-refractivity contribution in [1.29, 1.82) is 0 Å². The van der Waals surface area contributed by atoms with E-state index in [0.717, 1.165) is 16.7 Å². The molecule has 0 aromatic heterocycles. The number of carbonyl (C=O) groups excluding carboxylic acids is 2. The summed E-state index contributed by atoms with van der Waals surface area (Å²) in [6.07, 6.45) is 0.766. The van der Waals surface area contributed by atoms with Crippen molar-refractivity contribution in [2.75, 3.05) is 26.7 Å². The van der Waals surface area contributed by atoms with Crippen LogP contribution in [0.3, 0.4) is 0 Å². The van der Waals surface area contributed by atoms with Crippen molar-refractivity contribution in [2.24, 2.45) is 5.92 Å². The van der Waals surface area contributed by atoms with Gasteiger partial charge in [0, 0.05) is 25.2 Å². The van der Waals surface area contributed by atoms with Crippen LogP contribution in [0, 0.1) is 11.7 Å². The first-order valence-electron chi connectivity index (χ1n) is 11.1. The molecule has 0 radical (unpaired) electrons. The Kier molecular flexibility index (Phi) is 7.03. The summed E-state index contributed by atoms with van der Waals surface area (Å²) in [4.78, 5) is 27.4. The molecular formula is C27H27FN2O3. The molecule has 1 atom stereocenters. The number of hydrogen-bond donors (Lipinski definition) is 1. The fourth-order valence-corrected chi connectivity index (χ4v) is 4.15. The molecule has 1 heterocycles. The Hall–Kier alpha value is -3.67. The number of methoxy groups -OCH3 is 1. The Balaban J connectivity index is 1.44. The van der Waals surface area contributed by atoms with E-state index in [4.69, 9.17) is 4.74 Å². The predicted octanol–water partition coefficient (Wildman–Crippen LogP) is 3.86. The molecule has 1 saturated heterocycles. The molecule has 0 spiro atoms. The van der Waals surface area contributed by atoms with Crippen LogP contribution in [0.25, 0.3) is 11.1 Å². The van der Waals surface area contributed by atoms with E-state index in [2.05, 4.69) is 5.32 Å². The minimum absolute atomic E-state index is 0.0142. The molecule has 3 aromatic rings. The molecule has 0 unspecified atom stereocenters. The van der Waals surface area contributed by atoms with Gasteiger partial charge in [-0.1, -0.05) is 54.6 Å². The summed E-state index contributed by atoms with van der Waals surface area (Å²) < 4.78 is 19.3. The molecule has 1 N–H and O–H groups in total. The second-order valence-electron chi connectivity index (χ2n) is 8.24. The number of nitrogens with zero attached hydrogens (tertiary/aromatic N) is 1. The minimum Gasteiger partial charge on any atom is -0.497 e. The Morgan fingerprint density at radius 3 is 2.61 bits per heavy atom. The van der Waals surface area contributed by atoms with Gasteiger partial charge in [-0.2, -0.15) is 0 Å². The van der Waals surface area contributed by atoms with E-state index in [1.807, 2.05) is 48.5 Å². The van der Waals surface area contributed by atoms with Crippen molar-refractivity contribution in [3.05, 3.63) is 89.7 Å². The molecule has 6 heteroatoms. The summed E-state index contributed by atoms with van der Waals surface area (Å²) in [6.45, 7) is 1.28. The third-order valence-electron chi connectivity index (χ3n) is 5.96. The van der Waals surface area contributed by atoms with Gasteiger partial charge in [-0.3, -0.25) is 9.59 Å². The molecule has 33 heavy (non-hydrogen) atoms. The summed E-state index contributed by atoms with van der Waals surface area (Å²) in [5, 5.41) is 2.92. The summed E-state index contributed by atoms with van der Waals surface area (Å²) in [6, 6.07) is 21.7. The van der Waals surface area contributed by atoms with E-state index in [9.17, 15) is 14.0 Å². The fraction of sp³-hybridized carbons (Fsp3) is 0.259. The zero-order valence-corrected chi connectivity index (χ0v) is 18.6. The van der Waals surface area contributed by atoms with Gasteiger partial charge < -0.3 is 15.0 Å². The molecule has 1 aliphatic rings. The normalized spacial score (nSPS) is 16.1. The molecule has 1 fully saturated rings. The second-order valence-corrected chi connectivity index (χ2v) is 8.24. The molecule has 5 nitrogen and oxygen atoms in total. The molecule has 3 aromatic carbocycles. The van der Waals surface area contributed by atoms with Crippen molar-refractivity contribution in [1.82, 2.24) is 10.2 Å². The average Bonchev–Trinajstić information content (AvgIpc) is 3.01. The van der Waals surface area contributed by atoms with E-state index in [1.54, 1.807) is 30.2 Å². The lowest BCUT2D eigenvalue weighted by Crippen LogP contribution is -2.38. The SMILES string of the molecule is COc1cccc(CC(=O)N2CCNC(=O)[C@@H](Cc3ccc(-c4ccccc4F)cc3)C2)c1. The van der Waals surface area contributed by atoms with Crippen LogP contribution in [0.15, 0.2) is 72.8 Å². The van der Waals surface area contributed by atoms with Gasteiger partial charge in [-0.15, -0.1) is 0 Å². The van der Waals surface area contributed by atoms with Gasteiger partial charge in [0.15, 0.2) is 0 Å². The van der Waals surface area contributed by atoms with Crippen LogP contribution in [-0.4, -0.2) is 43.5 Å². The highest BCUT2D eigenvalue weighted by atomic mass is 19.1. The highest BCUT2D eigenvalue weighted by Gasteiger charge is 2.27. The number of ether oxygens (including phenoxy) is 1. The first-order chi connectivity index (χ1) is 16.0. The molecule has 0 bridgehead atoms. The number of carbonyl (C=O) groups is 2. The van der Waals surface area contributed by atoms with Gasteiger partial charge >= 0.3 is 0 Å². The van der Waals surface area contributed by atoms with Crippen LogP contribution >= 0.6 is 0 Å². The Morgan fingerprint density at radius 2 is 1.85 bits per heavy atom. The molecule has 1 aliphatic heterocycles. The highest BCUT2D eigenvalue weighted by molar-refractivity contribution is 5.83. The van der Waals surface area contributed by atoms with Crippen molar-refractivity contribution in [3.63, 3.8) is 0 Å². The van der Waals surface area contributed by atoms with Crippen molar-refractivity contribution in [3.8, 4) is 16.9 Å².